The van der Waals surface area contributed by atoms with Gasteiger partial charge < -0.3 is 10.1 Å². The largest absolute Gasteiger partial charge is 0.356 e. The van der Waals surface area contributed by atoms with Gasteiger partial charge in [0.1, 0.15) is 6.29 Å². The number of amides is 1. The minimum Gasteiger partial charge on any atom is -0.356 e. The minimum absolute atomic E-state index is 0.145. The lowest BCUT2D eigenvalue weighted by molar-refractivity contribution is -0.120. The summed E-state index contributed by atoms with van der Waals surface area (Å²) in [6.45, 7) is 6.15. The first-order valence-corrected chi connectivity index (χ1v) is 3.89. The van der Waals surface area contributed by atoms with Crippen LogP contribution in [0, 0.1) is 0 Å². The van der Waals surface area contributed by atoms with Gasteiger partial charge in [0.15, 0.2) is 0 Å². The van der Waals surface area contributed by atoms with Crippen LogP contribution in [0.25, 0.3) is 0 Å². The Morgan fingerprint density at radius 2 is 1.91 bits per heavy atom. The van der Waals surface area contributed by atoms with Gasteiger partial charge in [-0.1, -0.05) is 13.8 Å². The van der Waals surface area contributed by atoms with Crippen molar-refractivity contribution in [1.82, 2.24) is 5.32 Å². The zero-order chi connectivity index (χ0) is 9.11. The second-order valence-corrected chi connectivity index (χ2v) is 1.94. The van der Waals surface area contributed by atoms with Gasteiger partial charge >= 0.3 is 0 Å². The number of nitrogens with one attached hydrogen (secondary N) is 1. The summed E-state index contributed by atoms with van der Waals surface area (Å²) in [6, 6.07) is 0. The Kier molecular flexibility index (Phi) is 13.8. The fourth-order valence-corrected chi connectivity index (χ4v) is 0.389. The summed E-state index contributed by atoms with van der Waals surface area (Å²) in [6.07, 6.45) is 2.37. The molecule has 0 saturated heterocycles. The Balaban J connectivity index is 0. The standard InChI is InChI=1S/C6H13NO.C2H4O/c1-3-5-7-6(8)4-2;1-2-3/h3-5H2,1-2H3,(H,7,8);2H,1H3. The Hall–Kier alpha value is -0.860. The quantitative estimate of drug-likeness (QED) is 0.627. The highest BCUT2D eigenvalue weighted by Gasteiger charge is 1.90. The average molecular weight is 159 g/mol. The van der Waals surface area contributed by atoms with E-state index in [-0.39, 0.29) is 5.91 Å². The third-order valence-electron chi connectivity index (χ3n) is 0.893. The van der Waals surface area contributed by atoms with Gasteiger partial charge in [-0.2, -0.15) is 0 Å². The SMILES string of the molecule is CC=O.CCCNC(=O)CC. The van der Waals surface area contributed by atoms with Crippen LogP contribution in [0.2, 0.25) is 0 Å². The smallest absolute Gasteiger partial charge is 0.219 e. The fourth-order valence-electron chi connectivity index (χ4n) is 0.389. The number of hydrogen-bond donors (Lipinski definition) is 1. The summed E-state index contributed by atoms with van der Waals surface area (Å²) in [5.74, 6) is 0.145. The molecule has 0 aliphatic carbocycles. The molecule has 0 unspecified atom stereocenters. The molecular formula is C8H17NO2. The van der Waals surface area contributed by atoms with Gasteiger partial charge in [-0.3, -0.25) is 4.79 Å². The molecule has 11 heavy (non-hydrogen) atoms. The first-order chi connectivity index (χ1) is 5.22. The number of aldehydes is 1. The zero-order valence-corrected chi connectivity index (χ0v) is 7.52. The fraction of sp³-hybridized carbons (Fsp3) is 0.750. The summed E-state index contributed by atoms with van der Waals surface area (Å²) < 4.78 is 0. The van der Waals surface area contributed by atoms with Crippen molar-refractivity contribution in [2.75, 3.05) is 6.54 Å². The van der Waals surface area contributed by atoms with Crippen molar-refractivity contribution < 1.29 is 9.59 Å². The molecule has 0 atom stereocenters. The maximum absolute atomic E-state index is 10.5. The van der Waals surface area contributed by atoms with E-state index in [4.69, 9.17) is 4.79 Å². The Labute approximate surface area is 68.2 Å². The summed E-state index contributed by atoms with van der Waals surface area (Å²) in [5.41, 5.74) is 0. The van der Waals surface area contributed by atoms with E-state index in [0.717, 1.165) is 19.3 Å². The molecule has 0 aromatic heterocycles. The maximum atomic E-state index is 10.5. The molecule has 0 spiro atoms. The van der Waals surface area contributed by atoms with Gasteiger partial charge in [0.25, 0.3) is 0 Å². The van der Waals surface area contributed by atoms with E-state index >= 15 is 0 Å². The maximum Gasteiger partial charge on any atom is 0.219 e. The molecule has 0 aromatic carbocycles. The normalized spacial score (nSPS) is 7.55. The average Bonchev–Trinajstić information content (AvgIpc) is 2.02. The van der Waals surface area contributed by atoms with E-state index in [1.54, 1.807) is 0 Å². The number of hydrogen-bond acceptors (Lipinski definition) is 2. The second kappa shape index (κ2) is 11.9. The van der Waals surface area contributed by atoms with Gasteiger partial charge in [-0.05, 0) is 13.3 Å². The van der Waals surface area contributed by atoms with E-state index in [1.807, 2.05) is 13.8 Å². The predicted octanol–water partition coefficient (Wildman–Crippen LogP) is 1.13. The van der Waals surface area contributed by atoms with E-state index in [9.17, 15) is 4.79 Å². The molecule has 0 bridgehead atoms. The summed E-state index contributed by atoms with van der Waals surface area (Å²) in [5, 5.41) is 2.74. The molecule has 0 heterocycles. The van der Waals surface area contributed by atoms with E-state index in [1.165, 1.54) is 6.92 Å². The van der Waals surface area contributed by atoms with Crippen LogP contribution in [0.4, 0.5) is 0 Å². The predicted molar refractivity (Wildman–Crippen MR) is 45.3 cm³/mol. The van der Waals surface area contributed by atoms with Crippen LogP contribution < -0.4 is 5.32 Å². The van der Waals surface area contributed by atoms with Crippen molar-refractivity contribution in [3.05, 3.63) is 0 Å². The third kappa shape index (κ3) is 17.6. The van der Waals surface area contributed by atoms with E-state index in [0.29, 0.717) is 6.42 Å². The van der Waals surface area contributed by atoms with Gasteiger partial charge in [0, 0.05) is 13.0 Å². The second-order valence-electron chi connectivity index (χ2n) is 1.94. The molecule has 0 rings (SSSR count). The van der Waals surface area contributed by atoms with Crippen LogP contribution in [0.1, 0.15) is 33.6 Å². The molecule has 0 fully saturated rings. The zero-order valence-electron chi connectivity index (χ0n) is 7.52. The van der Waals surface area contributed by atoms with Crippen molar-refractivity contribution in [2.24, 2.45) is 0 Å². The van der Waals surface area contributed by atoms with Crippen LogP contribution in [-0.2, 0) is 9.59 Å². The lowest BCUT2D eigenvalue weighted by Gasteiger charge is -1.97. The van der Waals surface area contributed by atoms with Crippen LogP contribution >= 0.6 is 0 Å². The van der Waals surface area contributed by atoms with Crippen molar-refractivity contribution in [1.29, 1.82) is 0 Å². The number of carbonyl (C=O) groups excluding carboxylic acids is 2. The van der Waals surface area contributed by atoms with E-state index < -0.39 is 0 Å². The molecule has 0 radical (unpaired) electrons. The first-order valence-electron chi connectivity index (χ1n) is 3.89. The topological polar surface area (TPSA) is 46.2 Å². The van der Waals surface area contributed by atoms with Crippen LogP contribution in [-0.4, -0.2) is 18.7 Å². The highest BCUT2D eigenvalue weighted by molar-refractivity contribution is 5.75. The lowest BCUT2D eigenvalue weighted by atomic mass is 10.4. The highest BCUT2D eigenvalue weighted by Crippen LogP contribution is 1.75. The van der Waals surface area contributed by atoms with Gasteiger partial charge in [-0.15, -0.1) is 0 Å². The Bertz CT molecular complexity index is 102. The Morgan fingerprint density at radius 3 is 2.18 bits per heavy atom. The molecule has 3 nitrogen and oxygen atoms in total. The first kappa shape index (κ1) is 12.8. The number of rotatable bonds is 3. The van der Waals surface area contributed by atoms with Gasteiger partial charge in [0.05, 0.1) is 0 Å². The molecule has 0 aliphatic rings. The van der Waals surface area contributed by atoms with Crippen molar-refractivity contribution in [3.8, 4) is 0 Å². The van der Waals surface area contributed by atoms with Gasteiger partial charge in [0.2, 0.25) is 5.91 Å². The highest BCUT2D eigenvalue weighted by atomic mass is 16.1. The summed E-state index contributed by atoms with van der Waals surface area (Å²) in [7, 11) is 0. The molecule has 0 saturated carbocycles. The molecule has 0 aromatic rings. The van der Waals surface area contributed by atoms with Crippen LogP contribution in [0.15, 0.2) is 0 Å². The minimum atomic E-state index is 0.145. The third-order valence-corrected chi connectivity index (χ3v) is 0.893. The summed E-state index contributed by atoms with van der Waals surface area (Å²) in [4.78, 5) is 19.3. The monoisotopic (exact) mass is 159 g/mol. The molecule has 1 amide bonds. The summed E-state index contributed by atoms with van der Waals surface area (Å²) >= 11 is 0. The molecule has 1 N–H and O–H groups in total. The van der Waals surface area contributed by atoms with Crippen molar-refractivity contribution in [3.63, 3.8) is 0 Å². The van der Waals surface area contributed by atoms with Crippen LogP contribution in [0.5, 0.6) is 0 Å². The molecule has 3 heteroatoms. The van der Waals surface area contributed by atoms with Crippen molar-refractivity contribution >= 4 is 12.2 Å². The van der Waals surface area contributed by atoms with Crippen molar-refractivity contribution in [2.45, 2.75) is 33.6 Å². The lowest BCUT2D eigenvalue weighted by Crippen LogP contribution is -2.22. The number of carbonyl (C=O) groups is 2. The molecular weight excluding hydrogens is 142 g/mol. The molecule has 0 aliphatic heterocycles. The molecule has 66 valence electrons. The van der Waals surface area contributed by atoms with E-state index in [2.05, 4.69) is 5.32 Å². The Morgan fingerprint density at radius 1 is 1.45 bits per heavy atom. The van der Waals surface area contributed by atoms with Gasteiger partial charge in [-0.25, -0.2) is 0 Å². The van der Waals surface area contributed by atoms with Crippen LogP contribution in [0.3, 0.4) is 0 Å².